The average Bonchev–Trinajstić information content (AvgIpc) is 2.74. The van der Waals surface area contributed by atoms with Crippen LogP contribution in [0.3, 0.4) is 0 Å². The molecule has 5 atom stereocenters. The number of carbonyl (C=O) groups is 1. The molecule has 0 unspecified atom stereocenters. The van der Waals surface area contributed by atoms with E-state index in [2.05, 4.69) is 0 Å². The van der Waals surface area contributed by atoms with Gasteiger partial charge in [-0.25, -0.2) is 0 Å². The number of allylic oxidation sites excluding steroid dienone is 2. The number of aliphatic carboxylic acids is 1. The fourth-order valence-corrected chi connectivity index (χ4v) is 3.51. The van der Waals surface area contributed by atoms with Crippen LogP contribution in [0.1, 0.15) is 64.7 Å². The predicted molar refractivity (Wildman–Crippen MR) is 89.0 cm³/mol. The molecule has 1 rings (SSSR count). The predicted octanol–water partition coefficient (Wildman–Crippen LogP) is 2.49. The van der Waals surface area contributed by atoms with Crippen LogP contribution in [-0.2, 0) is 4.79 Å². The van der Waals surface area contributed by atoms with Crippen molar-refractivity contribution in [2.75, 3.05) is 0 Å². The lowest BCUT2D eigenvalue weighted by molar-refractivity contribution is -0.137. The molecule has 1 aliphatic carbocycles. The van der Waals surface area contributed by atoms with Gasteiger partial charge < -0.3 is 20.4 Å². The number of aliphatic hydroxyl groups excluding tert-OH is 3. The van der Waals surface area contributed by atoms with Gasteiger partial charge in [-0.3, -0.25) is 4.79 Å². The molecule has 134 valence electrons. The third-order valence-corrected chi connectivity index (χ3v) is 4.81. The molecule has 0 aromatic carbocycles. The first-order valence-electron chi connectivity index (χ1n) is 8.86. The van der Waals surface area contributed by atoms with Gasteiger partial charge in [-0.2, -0.15) is 0 Å². The third kappa shape index (κ3) is 7.46. The van der Waals surface area contributed by atoms with E-state index in [9.17, 15) is 20.1 Å². The second-order valence-corrected chi connectivity index (χ2v) is 6.71. The van der Waals surface area contributed by atoms with Gasteiger partial charge in [-0.15, -0.1) is 0 Å². The number of carboxylic acid groups (broad SMARTS) is 1. The smallest absolute Gasteiger partial charge is 0.303 e. The topological polar surface area (TPSA) is 98.0 Å². The second-order valence-electron chi connectivity index (χ2n) is 6.71. The lowest BCUT2D eigenvalue weighted by Crippen LogP contribution is -2.23. The number of carboxylic acids is 1. The quantitative estimate of drug-likeness (QED) is 0.345. The summed E-state index contributed by atoms with van der Waals surface area (Å²) in [5.74, 6) is -0.729. The van der Waals surface area contributed by atoms with E-state index in [1.165, 1.54) is 0 Å². The lowest BCUT2D eigenvalue weighted by Gasteiger charge is -2.23. The van der Waals surface area contributed by atoms with E-state index in [4.69, 9.17) is 5.11 Å². The molecule has 5 heteroatoms. The number of aliphatic hydroxyl groups is 3. The highest BCUT2D eigenvalue weighted by atomic mass is 16.4. The van der Waals surface area contributed by atoms with Crippen LogP contribution in [0.15, 0.2) is 12.2 Å². The summed E-state index contributed by atoms with van der Waals surface area (Å²) >= 11 is 0. The summed E-state index contributed by atoms with van der Waals surface area (Å²) in [5.41, 5.74) is 0. The molecule has 0 spiro atoms. The zero-order chi connectivity index (χ0) is 17.2. The van der Waals surface area contributed by atoms with E-state index >= 15 is 0 Å². The van der Waals surface area contributed by atoms with Gasteiger partial charge in [0.1, 0.15) is 0 Å². The van der Waals surface area contributed by atoms with Crippen molar-refractivity contribution >= 4 is 5.97 Å². The first kappa shape index (κ1) is 20.1. The first-order valence-corrected chi connectivity index (χ1v) is 8.86. The molecule has 0 aromatic rings. The highest BCUT2D eigenvalue weighted by molar-refractivity contribution is 5.66. The van der Waals surface area contributed by atoms with Crippen LogP contribution in [0.4, 0.5) is 0 Å². The van der Waals surface area contributed by atoms with Gasteiger partial charge in [-0.1, -0.05) is 25.5 Å². The minimum atomic E-state index is -0.779. The molecule has 1 aliphatic rings. The molecule has 0 aromatic heterocycles. The maximum atomic E-state index is 10.4. The lowest BCUT2D eigenvalue weighted by atomic mass is 9.86. The van der Waals surface area contributed by atoms with E-state index in [0.717, 1.165) is 25.7 Å². The summed E-state index contributed by atoms with van der Waals surface area (Å²) in [6.45, 7) is 2.04. The van der Waals surface area contributed by atoms with E-state index in [-0.39, 0.29) is 24.4 Å². The molecule has 0 amide bonds. The van der Waals surface area contributed by atoms with Crippen molar-refractivity contribution in [3.63, 3.8) is 0 Å². The van der Waals surface area contributed by atoms with E-state index in [1.807, 2.05) is 19.1 Å². The molecule has 0 bridgehead atoms. The van der Waals surface area contributed by atoms with Gasteiger partial charge in [0.05, 0.1) is 18.3 Å². The molecule has 0 heterocycles. The Bertz CT molecular complexity index is 368. The molecule has 0 radical (unpaired) electrons. The van der Waals surface area contributed by atoms with Crippen LogP contribution in [0.2, 0.25) is 0 Å². The minimum absolute atomic E-state index is 0.0227. The third-order valence-electron chi connectivity index (χ3n) is 4.81. The largest absolute Gasteiger partial charge is 0.481 e. The number of hydrogen-bond donors (Lipinski definition) is 4. The van der Waals surface area contributed by atoms with Crippen LogP contribution < -0.4 is 0 Å². The van der Waals surface area contributed by atoms with E-state index < -0.39 is 18.2 Å². The Balaban J connectivity index is 2.40. The Kier molecular flexibility index (Phi) is 9.44. The van der Waals surface area contributed by atoms with Crippen molar-refractivity contribution in [1.29, 1.82) is 0 Å². The Morgan fingerprint density at radius 2 is 1.87 bits per heavy atom. The van der Waals surface area contributed by atoms with Crippen molar-refractivity contribution in [1.82, 2.24) is 0 Å². The molecular formula is C18H32O5. The zero-order valence-electron chi connectivity index (χ0n) is 14.1. The zero-order valence-corrected chi connectivity index (χ0v) is 14.1. The summed E-state index contributed by atoms with van der Waals surface area (Å²) in [7, 11) is 0. The SMILES string of the molecule is CCC[C@H](O)CC[C@@H]1[C@@H](C/C=C\CCCC(=O)O)[C@@H](O)C[C@H]1O. The molecule has 1 saturated carbocycles. The van der Waals surface area contributed by atoms with Gasteiger partial charge in [-0.05, 0) is 56.8 Å². The Morgan fingerprint density at radius 3 is 2.52 bits per heavy atom. The first-order chi connectivity index (χ1) is 11.0. The Morgan fingerprint density at radius 1 is 1.17 bits per heavy atom. The highest BCUT2D eigenvalue weighted by Crippen LogP contribution is 2.38. The van der Waals surface area contributed by atoms with Crippen molar-refractivity contribution < 1.29 is 25.2 Å². The number of unbranched alkanes of at least 4 members (excludes halogenated alkanes) is 1. The highest BCUT2D eigenvalue weighted by Gasteiger charge is 2.40. The van der Waals surface area contributed by atoms with Crippen molar-refractivity contribution in [3.8, 4) is 0 Å². The molecule has 23 heavy (non-hydrogen) atoms. The normalized spacial score (nSPS) is 29.2. The van der Waals surface area contributed by atoms with Gasteiger partial charge in [0.15, 0.2) is 0 Å². The Labute approximate surface area is 139 Å². The number of hydrogen-bond acceptors (Lipinski definition) is 4. The van der Waals surface area contributed by atoms with Crippen molar-refractivity contribution in [3.05, 3.63) is 12.2 Å². The van der Waals surface area contributed by atoms with Gasteiger partial charge in [0.2, 0.25) is 0 Å². The summed E-state index contributed by atoms with van der Waals surface area (Å²) < 4.78 is 0. The molecule has 4 N–H and O–H groups in total. The standard InChI is InChI=1S/C18H32O5/c1-2-7-13(19)10-11-15-14(16(20)12-17(15)21)8-5-3-4-6-9-18(22)23/h3,5,13-17,19-21H,2,4,6-12H2,1H3,(H,22,23)/b5-3-/t13-,14+,15+,16-,17+/m0/s1. The fourth-order valence-electron chi connectivity index (χ4n) is 3.51. The van der Waals surface area contributed by atoms with Crippen LogP contribution in [-0.4, -0.2) is 44.7 Å². The van der Waals surface area contributed by atoms with E-state index in [0.29, 0.717) is 25.7 Å². The maximum absolute atomic E-state index is 10.4. The summed E-state index contributed by atoms with van der Waals surface area (Å²) in [6.07, 6.45) is 8.37. The molecular weight excluding hydrogens is 296 g/mol. The molecule has 0 aliphatic heterocycles. The number of rotatable bonds is 11. The fraction of sp³-hybridized carbons (Fsp3) is 0.833. The van der Waals surface area contributed by atoms with Crippen molar-refractivity contribution in [2.24, 2.45) is 11.8 Å². The van der Waals surface area contributed by atoms with Crippen LogP contribution in [0, 0.1) is 11.8 Å². The average molecular weight is 328 g/mol. The van der Waals surface area contributed by atoms with Crippen LogP contribution in [0.5, 0.6) is 0 Å². The summed E-state index contributed by atoms with van der Waals surface area (Å²) in [6, 6.07) is 0. The van der Waals surface area contributed by atoms with Crippen LogP contribution >= 0.6 is 0 Å². The molecule has 5 nitrogen and oxygen atoms in total. The molecule has 0 saturated heterocycles. The second kappa shape index (κ2) is 10.8. The van der Waals surface area contributed by atoms with Gasteiger partial charge in [0.25, 0.3) is 0 Å². The van der Waals surface area contributed by atoms with Crippen LogP contribution in [0.25, 0.3) is 0 Å². The Hall–Kier alpha value is -0.910. The van der Waals surface area contributed by atoms with Gasteiger partial charge in [0, 0.05) is 6.42 Å². The monoisotopic (exact) mass is 328 g/mol. The van der Waals surface area contributed by atoms with Crippen molar-refractivity contribution in [2.45, 2.75) is 83.0 Å². The van der Waals surface area contributed by atoms with Gasteiger partial charge >= 0.3 is 5.97 Å². The summed E-state index contributed by atoms with van der Waals surface area (Å²) in [5, 5.41) is 38.7. The molecule has 1 fully saturated rings. The summed E-state index contributed by atoms with van der Waals surface area (Å²) in [4.78, 5) is 10.4. The van der Waals surface area contributed by atoms with E-state index in [1.54, 1.807) is 0 Å². The maximum Gasteiger partial charge on any atom is 0.303 e. The minimum Gasteiger partial charge on any atom is -0.481 e.